The standard InChI is InChI=1S/C14H12.2CN.2Cu/c1-3-7-13(8-4-1)11-12-14-9-5-2-6-10-14;2*1-2;;/h1-3,5,7-10H,11-12H2;;;;/q-2;2*-1;2*+2. The monoisotopic (exact) mass is 358 g/mol. The molecule has 0 aromatic heterocycles. The maximum atomic E-state index is 6.25. The molecule has 2 rings (SSSR count). The normalized spacial score (nSPS) is 7.20. The largest absolute Gasteiger partial charge is 2.00 e. The Balaban J connectivity index is -0.000000444. The van der Waals surface area contributed by atoms with Gasteiger partial charge in [0.15, 0.2) is 0 Å². The number of rotatable bonds is 3. The summed E-state index contributed by atoms with van der Waals surface area (Å²) >= 11 is 0. The zero-order valence-corrected chi connectivity index (χ0v) is 12.4. The molecule has 0 aliphatic carbocycles. The Morgan fingerprint density at radius 2 is 1.10 bits per heavy atom. The van der Waals surface area contributed by atoms with E-state index in [-0.39, 0.29) is 34.1 Å². The molecular formula is C16H12Cu2N2. The van der Waals surface area contributed by atoms with Gasteiger partial charge in [0.25, 0.3) is 0 Å². The van der Waals surface area contributed by atoms with Gasteiger partial charge in [0.2, 0.25) is 0 Å². The predicted molar refractivity (Wildman–Crippen MR) is 67.9 cm³/mol. The van der Waals surface area contributed by atoms with Crippen molar-refractivity contribution in [2.45, 2.75) is 12.8 Å². The Morgan fingerprint density at radius 3 is 1.35 bits per heavy atom. The molecule has 20 heavy (non-hydrogen) atoms. The minimum atomic E-state index is 0. The van der Waals surface area contributed by atoms with Gasteiger partial charge < -0.3 is 23.7 Å². The maximum Gasteiger partial charge on any atom is 2.00 e. The number of benzene rings is 2. The molecule has 2 aromatic rings. The Kier molecular flexibility index (Phi) is 20.6. The number of hydrogen-bond acceptors (Lipinski definition) is 2. The van der Waals surface area contributed by atoms with E-state index in [0.29, 0.717) is 0 Å². The summed E-state index contributed by atoms with van der Waals surface area (Å²) < 4.78 is 0. The fourth-order valence-electron chi connectivity index (χ4n) is 1.46. The Hall–Kier alpha value is -1.54. The Morgan fingerprint density at radius 1 is 0.750 bits per heavy atom. The minimum absolute atomic E-state index is 0. The molecule has 0 heterocycles. The van der Waals surface area contributed by atoms with Crippen LogP contribution in [0.4, 0.5) is 0 Å². The summed E-state index contributed by atoms with van der Waals surface area (Å²) in [6, 6.07) is 22.5. The predicted octanol–water partition coefficient (Wildman–Crippen LogP) is 3.26. The van der Waals surface area contributed by atoms with E-state index in [1.165, 1.54) is 11.1 Å². The van der Waals surface area contributed by atoms with Gasteiger partial charge in [-0.1, -0.05) is 12.8 Å². The summed E-state index contributed by atoms with van der Waals surface area (Å²) in [5.74, 6) is 0. The third kappa shape index (κ3) is 10.4. The van der Waals surface area contributed by atoms with Crippen LogP contribution in [0.25, 0.3) is 0 Å². The van der Waals surface area contributed by atoms with Gasteiger partial charge in [-0.25, -0.2) is 0 Å². The van der Waals surface area contributed by atoms with E-state index in [0.717, 1.165) is 12.8 Å². The molecule has 0 N–H and O–H groups in total. The van der Waals surface area contributed by atoms with Crippen LogP contribution in [0.2, 0.25) is 0 Å². The molecule has 4 heteroatoms. The van der Waals surface area contributed by atoms with Crippen LogP contribution in [-0.2, 0) is 47.0 Å². The number of aryl methyl sites for hydroxylation is 2. The van der Waals surface area contributed by atoms with Gasteiger partial charge >= 0.3 is 34.1 Å². The van der Waals surface area contributed by atoms with Crippen molar-refractivity contribution in [3.8, 4) is 0 Å². The van der Waals surface area contributed by atoms with Crippen LogP contribution in [0.15, 0.2) is 48.5 Å². The van der Waals surface area contributed by atoms with E-state index in [1.54, 1.807) is 0 Å². The summed E-state index contributed by atoms with van der Waals surface area (Å²) in [6.45, 7) is 9.50. The molecule has 0 saturated carbocycles. The van der Waals surface area contributed by atoms with E-state index in [9.17, 15) is 0 Å². The van der Waals surface area contributed by atoms with Crippen molar-refractivity contribution in [2.75, 3.05) is 0 Å². The van der Waals surface area contributed by atoms with Crippen molar-refractivity contribution in [3.63, 3.8) is 0 Å². The molecule has 0 fully saturated rings. The SMILES string of the molecule is [C-]#N.[C-]#N.[Cu+2].[Cu+2].[c-]1cccc(CCc2c[c-]ccc2)c1. The molecule has 2 aromatic carbocycles. The van der Waals surface area contributed by atoms with Gasteiger partial charge in [0, 0.05) is 0 Å². The Labute approximate surface area is 142 Å². The molecule has 0 saturated heterocycles. The van der Waals surface area contributed by atoms with E-state index >= 15 is 0 Å². The first-order valence-electron chi connectivity index (χ1n) is 5.30. The van der Waals surface area contributed by atoms with E-state index in [1.807, 2.05) is 36.4 Å². The zero-order valence-electron chi connectivity index (χ0n) is 10.5. The van der Waals surface area contributed by atoms with Crippen LogP contribution >= 0.6 is 0 Å². The van der Waals surface area contributed by atoms with Crippen LogP contribution in [0, 0.1) is 35.8 Å². The summed E-state index contributed by atoms with van der Waals surface area (Å²) in [5.41, 5.74) is 2.69. The van der Waals surface area contributed by atoms with Gasteiger partial charge in [0.1, 0.15) is 0 Å². The second-order valence-corrected chi connectivity index (χ2v) is 3.32. The summed E-state index contributed by atoms with van der Waals surface area (Å²) in [4.78, 5) is 0. The zero-order chi connectivity index (χ0) is 13.6. The molecule has 0 unspecified atom stereocenters. The molecule has 0 aliphatic rings. The fourth-order valence-corrected chi connectivity index (χ4v) is 1.46. The average molecular weight is 359 g/mol. The fraction of sp³-hybridized carbons (Fsp3) is 0.125. The molecule has 0 aliphatic heterocycles. The summed E-state index contributed by atoms with van der Waals surface area (Å²) in [6.07, 6.45) is 2.16. The van der Waals surface area contributed by atoms with Crippen LogP contribution in [-0.4, -0.2) is 0 Å². The van der Waals surface area contributed by atoms with Gasteiger partial charge in [0.05, 0.1) is 0 Å². The average Bonchev–Trinajstić information content (AvgIpc) is 2.51. The number of hydrogen-bond donors (Lipinski definition) is 0. The Bertz CT molecular complexity index is 407. The summed E-state index contributed by atoms with van der Waals surface area (Å²) in [7, 11) is 0. The van der Waals surface area contributed by atoms with Gasteiger partial charge in [-0.05, 0) is 0 Å². The second-order valence-electron chi connectivity index (χ2n) is 3.32. The topological polar surface area (TPSA) is 47.6 Å². The van der Waals surface area contributed by atoms with Crippen LogP contribution < -0.4 is 0 Å². The third-order valence-corrected chi connectivity index (χ3v) is 2.25. The van der Waals surface area contributed by atoms with Crippen LogP contribution in [0.3, 0.4) is 0 Å². The van der Waals surface area contributed by atoms with Gasteiger partial charge in [-0.3, -0.25) is 0 Å². The van der Waals surface area contributed by atoms with E-state index < -0.39 is 0 Å². The maximum absolute atomic E-state index is 6.25. The molecule has 0 bridgehead atoms. The van der Waals surface area contributed by atoms with Crippen molar-refractivity contribution in [2.24, 2.45) is 0 Å². The first kappa shape index (κ1) is 23.5. The third-order valence-electron chi connectivity index (χ3n) is 2.25. The molecular weight excluding hydrogens is 347 g/mol. The molecule has 0 amide bonds. The second kappa shape index (κ2) is 17.5. The quantitative estimate of drug-likeness (QED) is 0.624. The first-order valence-corrected chi connectivity index (χ1v) is 5.30. The first-order chi connectivity index (χ1) is 8.95. The number of nitrogens with zero attached hydrogens (tertiary/aromatic N) is 2. The minimum Gasteiger partial charge on any atom is -0.512 e. The van der Waals surface area contributed by atoms with Crippen molar-refractivity contribution in [3.05, 3.63) is 84.9 Å². The molecule has 0 atom stereocenters. The van der Waals surface area contributed by atoms with Crippen molar-refractivity contribution in [1.29, 1.82) is 10.5 Å². The molecule has 2 nitrogen and oxygen atoms in total. The van der Waals surface area contributed by atoms with E-state index in [2.05, 4.69) is 24.3 Å². The molecule has 0 spiro atoms. The van der Waals surface area contributed by atoms with Gasteiger partial charge in [-0.15, -0.1) is 0 Å². The smallest absolute Gasteiger partial charge is 0.512 e. The van der Waals surface area contributed by atoms with Crippen LogP contribution in [0.1, 0.15) is 11.1 Å². The van der Waals surface area contributed by atoms with Gasteiger partial charge in [-0.2, -0.15) is 71.8 Å². The van der Waals surface area contributed by atoms with Crippen molar-refractivity contribution < 1.29 is 34.1 Å². The van der Waals surface area contributed by atoms with Crippen molar-refractivity contribution in [1.82, 2.24) is 0 Å². The molecule has 2 radical (unpaired) electrons. The summed E-state index contributed by atoms with van der Waals surface area (Å²) in [5, 5.41) is 12.5. The van der Waals surface area contributed by atoms with E-state index in [4.69, 9.17) is 23.7 Å². The molecule has 108 valence electrons. The van der Waals surface area contributed by atoms with Crippen molar-refractivity contribution >= 4 is 0 Å². The van der Waals surface area contributed by atoms with Crippen LogP contribution in [0.5, 0.6) is 0 Å².